The Morgan fingerprint density at radius 1 is 1.33 bits per heavy atom. The van der Waals surface area contributed by atoms with Gasteiger partial charge in [0.2, 0.25) is 9.05 Å². The Balaban J connectivity index is 2.23. The van der Waals surface area contributed by atoms with Crippen LogP contribution in [0.5, 0.6) is 5.75 Å². The van der Waals surface area contributed by atoms with E-state index in [1.54, 1.807) is 25.2 Å². The minimum Gasteiger partial charge on any atom is -0.496 e. The van der Waals surface area contributed by atoms with E-state index in [1.165, 1.54) is 11.8 Å². The summed E-state index contributed by atoms with van der Waals surface area (Å²) in [7, 11) is 4.82. The van der Waals surface area contributed by atoms with Crippen molar-refractivity contribution >= 4 is 30.8 Å². The summed E-state index contributed by atoms with van der Waals surface area (Å²) < 4.78 is 29.7. The molecule has 2 heterocycles. The Bertz CT molecular complexity index is 1170. The second kappa shape index (κ2) is 7.32. The third-order valence-electron chi connectivity index (χ3n) is 4.11. The number of ether oxygens (including phenoxy) is 1. The van der Waals surface area contributed by atoms with Gasteiger partial charge in [0.05, 0.1) is 24.1 Å². The van der Waals surface area contributed by atoms with E-state index in [0.29, 0.717) is 34.3 Å². The molecule has 0 aliphatic carbocycles. The molecule has 0 fully saturated rings. The van der Waals surface area contributed by atoms with E-state index in [9.17, 15) is 13.2 Å². The SMILES string of the molecule is CCCc1nn(C)c2c(=O)[nH]c(-c3cc(CS(=O)(=O)Cl)ccc3OC)nc12. The Morgan fingerprint density at radius 2 is 2.07 bits per heavy atom. The molecular weight excluding hydrogens is 392 g/mol. The van der Waals surface area contributed by atoms with E-state index in [1.807, 2.05) is 6.92 Å². The van der Waals surface area contributed by atoms with E-state index in [4.69, 9.17) is 15.4 Å². The summed E-state index contributed by atoms with van der Waals surface area (Å²) in [5, 5.41) is 4.39. The van der Waals surface area contributed by atoms with Gasteiger partial charge >= 0.3 is 0 Å². The predicted molar refractivity (Wildman–Crippen MR) is 104 cm³/mol. The summed E-state index contributed by atoms with van der Waals surface area (Å²) in [6, 6.07) is 4.82. The van der Waals surface area contributed by atoms with Crippen LogP contribution in [0.3, 0.4) is 0 Å². The Hall–Kier alpha value is -2.39. The lowest BCUT2D eigenvalue weighted by Gasteiger charge is -2.10. The second-order valence-electron chi connectivity index (χ2n) is 6.15. The van der Waals surface area contributed by atoms with Gasteiger partial charge in [-0.1, -0.05) is 19.4 Å². The third kappa shape index (κ3) is 3.98. The molecule has 0 bridgehead atoms. The highest BCUT2D eigenvalue weighted by Crippen LogP contribution is 2.30. The predicted octanol–water partition coefficient (Wildman–Crippen LogP) is 2.35. The minimum absolute atomic E-state index is 0.281. The van der Waals surface area contributed by atoms with E-state index < -0.39 is 9.05 Å². The van der Waals surface area contributed by atoms with E-state index in [2.05, 4.69) is 15.1 Å². The highest BCUT2D eigenvalue weighted by molar-refractivity contribution is 8.13. The number of aryl methyl sites for hydroxylation is 2. The standard InChI is InChI=1S/C17H19ClN4O4S/c1-4-5-12-14-15(22(2)21-12)17(23)20-16(19-14)11-8-10(9-27(18,24)25)6-7-13(11)26-3/h6-8H,4-5,9H2,1-3H3,(H,19,20,23). The number of methoxy groups -OCH3 is 1. The number of rotatable bonds is 6. The van der Waals surface area contributed by atoms with Crippen molar-refractivity contribution in [1.82, 2.24) is 19.7 Å². The number of H-pyrrole nitrogens is 1. The molecule has 0 unspecified atom stereocenters. The first-order valence-corrected chi connectivity index (χ1v) is 10.8. The topological polar surface area (TPSA) is 107 Å². The van der Waals surface area contributed by atoms with Crippen molar-refractivity contribution in [3.8, 4) is 17.1 Å². The van der Waals surface area contributed by atoms with Crippen LogP contribution >= 0.6 is 10.7 Å². The van der Waals surface area contributed by atoms with Gasteiger partial charge in [0.25, 0.3) is 5.56 Å². The number of nitrogens with one attached hydrogen (secondary N) is 1. The fourth-order valence-corrected chi connectivity index (χ4v) is 3.96. The minimum atomic E-state index is -3.72. The maximum absolute atomic E-state index is 12.6. The van der Waals surface area contributed by atoms with Gasteiger partial charge in [0, 0.05) is 17.7 Å². The van der Waals surface area contributed by atoms with E-state index in [-0.39, 0.29) is 17.1 Å². The average molecular weight is 411 g/mol. The molecule has 0 atom stereocenters. The molecule has 0 aliphatic rings. The Kier molecular flexibility index (Phi) is 5.25. The molecular formula is C17H19ClN4O4S. The first-order chi connectivity index (χ1) is 12.7. The number of hydrogen-bond acceptors (Lipinski definition) is 6. The number of aromatic nitrogens is 4. The largest absolute Gasteiger partial charge is 0.496 e. The smallest absolute Gasteiger partial charge is 0.277 e. The molecule has 1 N–H and O–H groups in total. The molecule has 27 heavy (non-hydrogen) atoms. The van der Waals surface area contributed by atoms with Crippen molar-refractivity contribution in [2.24, 2.45) is 7.05 Å². The third-order valence-corrected chi connectivity index (χ3v) is 5.11. The average Bonchev–Trinajstić information content (AvgIpc) is 2.90. The molecule has 144 valence electrons. The zero-order valence-corrected chi connectivity index (χ0v) is 16.7. The van der Waals surface area contributed by atoms with Crippen LogP contribution in [0.15, 0.2) is 23.0 Å². The quantitative estimate of drug-likeness (QED) is 0.625. The van der Waals surface area contributed by atoms with Crippen LogP contribution in [0, 0.1) is 0 Å². The number of fused-ring (bicyclic) bond motifs is 1. The number of aromatic amines is 1. The normalized spacial score (nSPS) is 11.9. The summed E-state index contributed by atoms with van der Waals surface area (Å²) in [6.07, 6.45) is 1.55. The van der Waals surface area contributed by atoms with Crippen molar-refractivity contribution < 1.29 is 13.2 Å². The summed E-state index contributed by atoms with van der Waals surface area (Å²) in [5.41, 5.74) is 2.26. The lowest BCUT2D eigenvalue weighted by atomic mass is 10.1. The van der Waals surface area contributed by atoms with Gasteiger partial charge in [-0.15, -0.1) is 0 Å². The number of nitrogens with zero attached hydrogens (tertiary/aromatic N) is 3. The van der Waals surface area contributed by atoms with Crippen molar-refractivity contribution in [3.05, 3.63) is 39.8 Å². The van der Waals surface area contributed by atoms with Gasteiger partial charge < -0.3 is 9.72 Å². The zero-order valence-electron chi connectivity index (χ0n) is 15.1. The molecule has 0 saturated heterocycles. The molecule has 10 heteroatoms. The molecule has 3 aromatic rings. The van der Waals surface area contributed by atoms with Crippen LogP contribution in [0.25, 0.3) is 22.4 Å². The summed E-state index contributed by atoms with van der Waals surface area (Å²) in [4.78, 5) is 19.9. The number of hydrogen-bond donors (Lipinski definition) is 1. The first kappa shape index (κ1) is 19.4. The van der Waals surface area contributed by atoms with Crippen LogP contribution in [0.1, 0.15) is 24.6 Å². The van der Waals surface area contributed by atoms with Gasteiger partial charge in [-0.25, -0.2) is 13.4 Å². The van der Waals surface area contributed by atoms with Crippen molar-refractivity contribution in [2.45, 2.75) is 25.5 Å². The van der Waals surface area contributed by atoms with E-state index in [0.717, 1.165) is 12.1 Å². The van der Waals surface area contributed by atoms with Gasteiger partial charge in [-0.3, -0.25) is 9.48 Å². The van der Waals surface area contributed by atoms with E-state index >= 15 is 0 Å². The lowest BCUT2D eigenvalue weighted by molar-refractivity contribution is 0.416. The van der Waals surface area contributed by atoms with Crippen LogP contribution < -0.4 is 10.3 Å². The van der Waals surface area contributed by atoms with Crippen molar-refractivity contribution in [1.29, 1.82) is 0 Å². The maximum atomic E-state index is 12.6. The molecule has 0 amide bonds. The first-order valence-electron chi connectivity index (χ1n) is 8.29. The van der Waals surface area contributed by atoms with Crippen LogP contribution in [-0.4, -0.2) is 35.3 Å². The second-order valence-corrected chi connectivity index (χ2v) is 8.93. The summed E-state index contributed by atoms with van der Waals surface area (Å²) >= 11 is 0. The Labute approximate surface area is 160 Å². The molecule has 2 aromatic heterocycles. The molecule has 0 saturated carbocycles. The zero-order chi connectivity index (χ0) is 19.8. The van der Waals surface area contributed by atoms with Crippen molar-refractivity contribution in [2.75, 3.05) is 7.11 Å². The number of benzene rings is 1. The van der Waals surface area contributed by atoms with Gasteiger partial charge in [-0.05, 0) is 24.1 Å². The van der Waals surface area contributed by atoms with Crippen LogP contribution in [-0.2, 0) is 28.3 Å². The molecule has 0 spiro atoms. The molecule has 3 rings (SSSR count). The van der Waals surface area contributed by atoms with Crippen LogP contribution in [0.2, 0.25) is 0 Å². The molecule has 8 nitrogen and oxygen atoms in total. The monoisotopic (exact) mass is 410 g/mol. The molecule has 0 radical (unpaired) electrons. The summed E-state index contributed by atoms with van der Waals surface area (Å²) in [6.45, 7) is 2.02. The van der Waals surface area contributed by atoms with Gasteiger partial charge in [0.1, 0.15) is 17.1 Å². The fraction of sp³-hybridized carbons (Fsp3) is 0.353. The highest BCUT2D eigenvalue weighted by Gasteiger charge is 2.18. The maximum Gasteiger partial charge on any atom is 0.277 e. The van der Waals surface area contributed by atoms with Crippen molar-refractivity contribution in [3.63, 3.8) is 0 Å². The molecule has 1 aromatic carbocycles. The highest BCUT2D eigenvalue weighted by atomic mass is 35.7. The fourth-order valence-electron chi connectivity index (χ4n) is 3.01. The molecule has 0 aliphatic heterocycles. The lowest BCUT2D eigenvalue weighted by Crippen LogP contribution is -2.12. The van der Waals surface area contributed by atoms with Gasteiger partial charge in [0.15, 0.2) is 5.52 Å². The summed E-state index contributed by atoms with van der Waals surface area (Å²) in [5.74, 6) is 0.393. The van der Waals surface area contributed by atoms with Crippen LogP contribution in [0.4, 0.5) is 0 Å². The Morgan fingerprint density at radius 3 is 2.70 bits per heavy atom. The van der Waals surface area contributed by atoms with Gasteiger partial charge in [-0.2, -0.15) is 5.10 Å². The number of halogens is 1.